The van der Waals surface area contributed by atoms with Crippen molar-refractivity contribution >= 4 is 11.9 Å². The molecule has 4 N–H and O–H groups in total. The molecule has 8 nitrogen and oxygen atoms in total. The Hall–Kier alpha value is -2.90. The molecule has 1 heterocycles. The summed E-state index contributed by atoms with van der Waals surface area (Å²) in [6.45, 7) is 1.63. The number of hydrogen-bond acceptors (Lipinski definition) is 5. The highest BCUT2D eigenvalue weighted by atomic mass is 16.4. The Morgan fingerprint density at radius 1 is 1.33 bits per heavy atom. The fourth-order valence-electron chi connectivity index (χ4n) is 1.73. The van der Waals surface area contributed by atoms with Crippen LogP contribution in [0, 0.1) is 6.92 Å². The van der Waals surface area contributed by atoms with Crippen LogP contribution in [0.4, 0.5) is 0 Å². The number of phenols is 1. The van der Waals surface area contributed by atoms with E-state index in [0.717, 1.165) is 0 Å². The number of amides is 1. The zero-order valence-corrected chi connectivity index (χ0v) is 11.2. The molecular formula is C13H14N4O4. The molecule has 0 saturated carbocycles. The van der Waals surface area contributed by atoms with Gasteiger partial charge in [0.15, 0.2) is 0 Å². The minimum atomic E-state index is -1.16. The average Bonchev–Trinajstić information content (AvgIpc) is 2.87. The van der Waals surface area contributed by atoms with Crippen LogP contribution >= 0.6 is 0 Å². The minimum absolute atomic E-state index is 0.0881. The van der Waals surface area contributed by atoms with Crippen LogP contribution in [0.5, 0.6) is 5.75 Å². The van der Waals surface area contributed by atoms with Crippen LogP contribution in [0.3, 0.4) is 0 Å². The van der Waals surface area contributed by atoms with Crippen LogP contribution in [0.2, 0.25) is 0 Å². The zero-order valence-electron chi connectivity index (χ0n) is 11.2. The van der Waals surface area contributed by atoms with E-state index in [1.165, 1.54) is 12.1 Å². The van der Waals surface area contributed by atoms with E-state index in [0.29, 0.717) is 11.4 Å². The maximum absolute atomic E-state index is 11.9. The van der Waals surface area contributed by atoms with E-state index in [1.807, 2.05) is 0 Å². The highest BCUT2D eigenvalue weighted by Crippen LogP contribution is 2.11. The Morgan fingerprint density at radius 3 is 2.52 bits per heavy atom. The molecule has 2 aromatic rings. The quantitative estimate of drug-likeness (QED) is 0.624. The Labute approximate surface area is 119 Å². The van der Waals surface area contributed by atoms with Gasteiger partial charge in [0.2, 0.25) is 5.82 Å². The first-order valence-electron chi connectivity index (χ1n) is 6.16. The fraction of sp³-hybridized carbons (Fsp3) is 0.231. The van der Waals surface area contributed by atoms with Crippen LogP contribution in [-0.2, 0) is 11.2 Å². The van der Waals surface area contributed by atoms with Gasteiger partial charge in [0.1, 0.15) is 17.6 Å². The molecule has 8 heteroatoms. The summed E-state index contributed by atoms with van der Waals surface area (Å²) in [6, 6.07) is 4.98. The standard InChI is InChI=1S/C13H14N4O4/c1-7-14-11(17-16-7)12(19)15-10(13(20)21)6-8-2-4-9(18)5-3-8/h2-5,10,18H,6H2,1H3,(H,15,19)(H,20,21)(H,14,16,17)/t10-/m1/s1. The molecule has 0 bridgehead atoms. The first-order chi connectivity index (χ1) is 9.95. The first kappa shape index (κ1) is 14.5. The second-order valence-corrected chi connectivity index (χ2v) is 4.48. The first-order valence-corrected chi connectivity index (χ1v) is 6.16. The van der Waals surface area contributed by atoms with Gasteiger partial charge in [-0.2, -0.15) is 0 Å². The average molecular weight is 290 g/mol. The number of aryl methyl sites for hydroxylation is 1. The number of carboxylic acid groups (broad SMARTS) is 1. The smallest absolute Gasteiger partial charge is 0.326 e. The number of hydrogen-bond donors (Lipinski definition) is 4. The van der Waals surface area contributed by atoms with Crippen molar-refractivity contribution in [3.8, 4) is 5.75 Å². The summed E-state index contributed by atoms with van der Waals surface area (Å²) in [7, 11) is 0. The number of carbonyl (C=O) groups excluding carboxylic acids is 1. The van der Waals surface area contributed by atoms with Crippen molar-refractivity contribution in [2.45, 2.75) is 19.4 Å². The maximum atomic E-state index is 11.9. The molecule has 0 radical (unpaired) electrons. The summed E-state index contributed by atoms with van der Waals surface area (Å²) in [6.07, 6.45) is 0.0881. The van der Waals surface area contributed by atoms with Crippen molar-refractivity contribution in [3.63, 3.8) is 0 Å². The van der Waals surface area contributed by atoms with E-state index in [2.05, 4.69) is 20.5 Å². The van der Waals surface area contributed by atoms with E-state index in [-0.39, 0.29) is 18.0 Å². The number of aliphatic carboxylic acids is 1. The highest BCUT2D eigenvalue weighted by molar-refractivity contribution is 5.93. The SMILES string of the molecule is Cc1nc(C(=O)N[C@H](Cc2ccc(O)cc2)C(=O)O)n[nH]1. The molecule has 1 amide bonds. The van der Waals surface area contributed by atoms with E-state index < -0.39 is 17.9 Å². The molecule has 1 atom stereocenters. The Bertz CT molecular complexity index is 650. The number of carboxylic acids is 1. The van der Waals surface area contributed by atoms with Gasteiger partial charge in [-0.3, -0.25) is 9.89 Å². The van der Waals surface area contributed by atoms with Crippen LogP contribution in [0.15, 0.2) is 24.3 Å². The number of aromatic nitrogens is 3. The van der Waals surface area contributed by atoms with Gasteiger partial charge in [-0.05, 0) is 24.6 Å². The summed E-state index contributed by atoms with van der Waals surface area (Å²) >= 11 is 0. The van der Waals surface area contributed by atoms with Gasteiger partial charge >= 0.3 is 5.97 Å². The van der Waals surface area contributed by atoms with Crippen molar-refractivity contribution in [1.29, 1.82) is 0 Å². The lowest BCUT2D eigenvalue weighted by Gasteiger charge is -2.13. The molecule has 0 aliphatic carbocycles. The molecule has 0 spiro atoms. The lowest BCUT2D eigenvalue weighted by atomic mass is 10.1. The van der Waals surface area contributed by atoms with Gasteiger partial charge in [0, 0.05) is 6.42 Å². The summed E-state index contributed by atoms with van der Waals surface area (Å²) < 4.78 is 0. The molecular weight excluding hydrogens is 276 g/mol. The van der Waals surface area contributed by atoms with Gasteiger partial charge in [0.05, 0.1) is 0 Å². The van der Waals surface area contributed by atoms with Crippen molar-refractivity contribution in [3.05, 3.63) is 41.5 Å². The molecule has 1 aromatic carbocycles. The predicted molar refractivity (Wildman–Crippen MR) is 71.8 cm³/mol. The minimum Gasteiger partial charge on any atom is -0.508 e. The van der Waals surface area contributed by atoms with Gasteiger partial charge in [-0.15, -0.1) is 5.10 Å². The van der Waals surface area contributed by atoms with Crippen LogP contribution in [0.25, 0.3) is 0 Å². The largest absolute Gasteiger partial charge is 0.508 e. The molecule has 2 rings (SSSR count). The Balaban J connectivity index is 2.07. The van der Waals surface area contributed by atoms with Gasteiger partial charge in [-0.1, -0.05) is 12.1 Å². The van der Waals surface area contributed by atoms with Gasteiger partial charge in [0.25, 0.3) is 5.91 Å². The van der Waals surface area contributed by atoms with Crippen LogP contribution in [-0.4, -0.2) is 43.3 Å². The number of nitrogens with one attached hydrogen (secondary N) is 2. The molecule has 110 valence electrons. The summed E-state index contributed by atoms with van der Waals surface area (Å²) in [5.74, 6) is -1.38. The third-order valence-electron chi connectivity index (χ3n) is 2.78. The zero-order chi connectivity index (χ0) is 15.4. The number of benzene rings is 1. The van der Waals surface area contributed by atoms with Crippen molar-refractivity contribution in [2.24, 2.45) is 0 Å². The Kier molecular flexibility index (Phi) is 4.17. The van der Waals surface area contributed by atoms with Crippen molar-refractivity contribution in [2.75, 3.05) is 0 Å². The monoisotopic (exact) mass is 290 g/mol. The topological polar surface area (TPSA) is 128 Å². The lowest BCUT2D eigenvalue weighted by molar-refractivity contribution is -0.139. The summed E-state index contributed by atoms with van der Waals surface area (Å²) in [4.78, 5) is 26.9. The molecule has 0 aliphatic rings. The molecule has 0 unspecified atom stereocenters. The third-order valence-corrected chi connectivity index (χ3v) is 2.78. The van der Waals surface area contributed by atoms with Crippen molar-refractivity contribution in [1.82, 2.24) is 20.5 Å². The van der Waals surface area contributed by atoms with Crippen LogP contribution in [0.1, 0.15) is 22.0 Å². The number of aromatic amines is 1. The van der Waals surface area contributed by atoms with E-state index >= 15 is 0 Å². The normalized spacial score (nSPS) is 11.9. The second kappa shape index (κ2) is 6.04. The second-order valence-electron chi connectivity index (χ2n) is 4.48. The maximum Gasteiger partial charge on any atom is 0.326 e. The van der Waals surface area contributed by atoms with Gasteiger partial charge in [-0.25, -0.2) is 9.78 Å². The van der Waals surface area contributed by atoms with E-state index in [1.54, 1.807) is 19.1 Å². The highest BCUT2D eigenvalue weighted by Gasteiger charge is 2.23. The molecule has 21 heavy (non-hydrogen) atoms. The molecule has 1 aromatic heterocycles. The number of phenolic OH excluding ortho intramolecular Hbond substituents is 1. The fourth-order valence-corrected chi connectivity index (χ4v) is 1.73. The van der Waals surface area contributed by atoms with E-state index in [4.69, 9.17) is 0 Å². The third kappa shape index (κ3) is 3.78. The van der Waals surface area contributed by atoms with E-state index in [9.17, 15) is 19.8 Å². The molecule has 0 fully saturated rings. The number of H-pyrrole nitrogens is 1. The van der Waals surface area contributed by atoms with Gasteiger partial charge < -0.3 is 15.5 Å². The molecule has 0 saturated heterocycles. The Morgan fingerprint density at radius 2 is 2.00 bits per heavy atom. The molecule has 0 aliphatic heterocycles. The number of rotatable bonds is 5. The van der Waals surface area contributed by atoms with Crippen LogP contribution < -0.4 is 5.32 Å². The summed E-state index contributed by atoms with van der Waals surface area (Å²) in [5.41, 5.74) is 0.673. The number of carbonyl (C=O) groups is 2. The summed E-state index contributed by atoms with van der Waals surface area (Å²) in [5, 5.41) is 26.9. The predicted octanol–water partition coefficient (Wildman–Crippen LogP) is 0.244. The number of nitrogens with zero attached hydrogens (tertiary/aromatic N) is 2. The van der Waals surface area contributed by atoms with Crippen molar-refractivity contribution < 1.29 is 19.8 Å². The number of aromatic hydroxyl groups is 1. The lowest BCUT2D eigenvalue weighted by Crippen LogP contribution is -2.42.